The predicted molar refractivity (Wildman–Crippen MR) is 151 cm³/mol. The number of carbonyl (C=O) groups is 1. The number of anilines is 2. The standard InChI is InChI=1S/C28H41N7O4/c1-17(2)34(13-6-12-30-27(38)33-19-9-7-18(8-10-19)28(3,4)5)15-21-22(36)23(37)26(39-21)35-14-11-20-24(29)31-16-32-25(20)35/h7-11,14,16-17,21-23,26,36-37H,6,12-13,15H2,1-5H3,(H2,29,31,32)(H2,30,33,38)/t21-,22-,23?,26?/m1/s1. The maximum Gasteiger partial charge on any atom is 0.319 e. The van der Waals surface area contributed by atoms with Crippen LogP contribution in [-0.4, -0.2) is 79.7 Å². The van der Waals surface area contributed by atoms with Crippen LogP contribution in [0.25, 0.3) is 11.0 Å². The Bertz CT molecular complexity index is 1260. The van der Waals surface area contributed by atoms with Crippen molar-refractivity contribution in [2.75, 3.05) is 30.7 Å². The Balaban J connectivity index is 1.27. The Morgan fingerprint density at radius 1 is 1.15 bits per heavy atom. The number of nitrogens with one attached hydrogen (secondary N) is 2. The van der Waals surface area contributed by atoms with Crippen molar-refractivity contribution in [3.05, 3.63) is 48.4 Å². The number of benzene rings is 1. The zero-order chi connectivity index (χ0) is 28.3. The number of amides is 2. The lowest BCUT2D eigenvalue weighted by Crippen LogP contribution is -2.44. The number of hydrogen-bond donors (Lipinski definition) is 5. The molecule has 6 N–H and O–H groups in total. The molecule has 11 heteroatoms. The fourth-order valence-electron chi connectivity index (χ4n) is 4.81. The van der Waals surface area contributed by atoms with Crippen LogP contribution in [0.3, 0.4) is 0 Å². The van der Waals surface area contributed by atoms with E-state index in [4.69, 9.17) is 10.5 Å². The summed E-state index contributed by atoms with van der Waals surface area (Å²) in [5, 5.41) is 28.0. The lowest BCUT2D eigenvalue weighted by atomic mass is 9.87. The van der Waals surface area contributed by atoms with Crippen molar-refractivity contribution in [3.63, 3.8) is 0 Å². The first-order valence-electron chi connectivity index (χ1n) is 13.4. The highest BCUT2D eigenvalue weighted by Gasteiger charge is 2.44. The number of aliphatic hydroxyl groups excluding tert-OH is 2. The monoisotopic (exact) mass is 539 g/mol. The molecule has 0 saturated carbocycles. The van der Waals surface area contributed by atoms with E-state index in [9.17, 15) is 15.0 Å². The number of nitrogens with zero attached hydrogens (tertiary/aromatic N) is 4. The Labute approximate surface area is 229 Å². The molecule has 1 aliphatic heterocycles. The van der Waals surface area contributed by atoms with Gasteiger partial charge in [0, 0.05) is 37.6 Å². The van der Waals surface area contributed by atoms with Gasteiger partial charge in [-0.05, 0) is 49.4 Å². The van der Waals surface area contributed by atoms with Crippen molar-refractivity contribution in [2.24, 2.45) is 0 Å². The van der Waals surface area contributed by atoms with Crippen LogP contribution in [-0.2, 0) is 10.2 Å². The number of hydrogen-bond acceptors (Lipinski definition) is 8. The zero-order valence-electron chi connectivity index (χ0n) is 23.3. The number of nitrogens with two attached hydrogens (primary N) is 1. The molecule has 3 aromatic rings. The van der Waals surface area contributed by atoms with Crippen LogP contribution < -0.4 is 16.4 Å². The first kappa shape index (κ1) is 28.8. The Hall–Kier alpha value is -3.25. The van der Waals surface area contributed by atoms with Gasteiger partial charge < -0.3 is 35.9 Å². The number of carbonyl (C=O) groups excluding carboxylic acids is 1. The third-order valence-electron chi connectivity index (χ3n) is 7.21. The molecule has 4 rings (SSSR count). The fourth-order valence-corrected chi connectivity index (χ4v) is 4.81. The number of aromatic nitrogens is 3. The summed E-state index contributed by atoms with van der Waals surface area (Å²) in [5.41, 5.74) is 8.48. The van der Waals surface area contributed by atoms with Gasteiger partial charge in [-0.25, -0.2) is 14.8 Å². The number of aliphatic hydroxyl groups is 2. The van der Waals surface area contributed by atoms with Crippen LogP contribution in [0.1, 0.15) is 52.8 Å². The summed E-state index contributed by atoms with van der Waals surface area (Å²) in [6.07, 6.45) is 0.210. The van der Waals surface area contributed by atoms with Gasteiger partial charge in [0.1, 0.15) is 36.1 Å². The highest BCUT2D eigenvalue weighted by atomic mass is 16.6. The SMILES string of the molecule is CC(C)N(CCCNC(=O)Nc1ccc(C(C)(C)C)cc1)C[C@H]1OC(n2ccc3c(N)ncnc32)C(O)[C@@H]1O. The van der Waals surface area contributed by atoms with E-state index in [1.807, 2.05) is 24.3 Å². The van der Waals surface area contributed by atoms with Gasteiger partial charge in [-0.15, -0.1) is 0 Å². The smallest absolute Gasteiger partial charge is 0.319 e. The predicted octanol–water partition coefficient (Wildman–Crippen LogP) is 2.85. The first-order valence-corrected chi connectivity index (χ1v) is 13.4. The van der Waals surface area contributed by atoms with Crippen LogP contribution >= 0.6 is 0 Å². The van der Waals surface area contributed by atoms with E-state index in [-0.39, 0.29) is 17.5 Å². The highest BCUT2D eigenvalue weighted by Crippen LogP contribution is 2.33. The van der Waals surface area contributed by atoms with Crippen LogP contribution in [0.4, 0.5) is 16.3 Å². The molecular formula is C28H41N7O4. The maximum atomic E-state index is 12.4. The van der Waals surface area contributed by atoms with E-state index >= 15 is 0 Å². The van der Waals surface area contributed by atoms with Crippen molar-refractivity contribution >= 4 is 28.6 Å². The fraction of sp³-hybridized carbons (Fsp3) is 0.536. The lowest BCUT2D eigenvalue weighted by Gasteiger charge is -2.30. The summed E-state index contributed by atoms with van der Waals surface area (Å²) >= 11 is 0. The number of fused-ring (bicyclic) bond motifs is 1. The van der Waals surface area contributed by atoms with E-state index in [0.717, 1.165) is 5.69 Å². The Morgan fingerprint density at radius 3 is 2.54 bits per heavy atom. The molecule has 212 valence electrons. The molecule has 1 aliphatic rings. The molecule has 11 nitrogen and oxygen atoms in total. The number of urea groups is 1. The summed E-state index contributed by atoms with van der Waals surface area (Å²) < 4.78 is 7.82. The molecule has 1 saturated heterocycles. The summed E-state index contributed by atoms with van der Waals surface area (Å²) in [4.78, 5) is 22.8. The second-order valence-corrected chi connectivity index (χ2v) is 11.4. The van der Waals surface area contributed by atoms with E-state index in [0.29, 0.717) is 42.9 Å². The minimum atomic E-state index is -1.13. The van der Waals surface area contributed by atoms with Crippen molar-refractivity contribution in [1.29, 1.82) is 0 Å². The Kier molecular flexibility index (Phi) is 8.75. The Morgan fingerprint density at radius 2 is 1.87 bits per heavy atom. The molecule has 0 radical (unpaired) electrons. The van der Waals surface area contributed by atoms with Crippen LogP contribution in [0.2, 0.25) is 0 Å². The molecule has 0 spiro atoms. The van der Waals surface area contributed by atoms with Crippen molar-refractivity contribution in [3.8, 4) is 0 Å². The summed E-state index contributed by atoms with van der Waals surface area (Å²) in [6, 6.07) is 9.57. The first-order chi connectivity index (χ1) is 18.5. The molecule has 2 unspecified atom stereocenters. The average Bonchev–Trinajstić information content (AvgIpc) is 3.42. The lowest BCUT2D eigenvalue weighted by molar-refractivity contribution is -0.0465. The highest BCUT2D eigenvalue weighted by molar-refractivity contribution is 5.89. The second-order valence-electron chi connectivity index (χ2n) is 11.4. The normalized spacial score (nSPS) is 21.7. The third-order valence-corrected chi connectivity index (χ3v) is 7.21. The topological polar surface area (TPSA) is 151 Å². The minimum absolute atomic E-state index is 0.0573. The van der Waals surface area contributed by atoms with Crippen LogP contribution in [0.15, 0.2) is 42.9 Å². The molecule has 1 aromatic carbocycles. The molecule has 2 amide bonds. The zero-order valence-corrected chi connectivity index (χ0v) is 23.3. The molecule has 3 heterocycles. The second kappa shape index (κ2) is 11.9. The summed E-state index contributed by atoms with van der Waals surface area (Å²) in [5.74, 6) is 0.343. The van der Waals surface area contributed by atoms with Gasteiger partial charge in [0.2, 0.25) is 0 Å². The third kappa shape index (κ3) is 6.67. The summed E-state index contributed by atoms with van der Waals surface area (Å²) in [7, 11) is 0. The van der Waals surface area contributed by atoms with E-state index in [1.165, 1.54) is 11.9 Å². The number of rotatable bonds is 9. The molecule has 0 aliphatic carbocycles. The van der Waals surface area contributed by atoms with E-state index in [2.05, 4.69) is 60.1 Å². The van der Waals surface area contributed by atoms with Gasteiger partial charge in [0.25, 0.3) is 0 Å². The summed E-state index contributed by atoms with van der Waals surface area (Å²) in [6.45, 7) is 12.2. The minimum Gasteiger partial charge on any atom is -0.387 e. The van der Waals surface area contributed by atoms with Gasteiger partial charge in [0.15, 0.2) is 6.23 Å². The van der Waals surface area contributed by atoms with Gasteiger partial charge in [-0.2, -0.15) is 0 Å². The van der Waals surface area contributed by atoms with Gasteiger partial charge in [0.05, 0.1) is 5.39 Å². The quantitative estimate of drug-likeness (QED) is 0.261. The van der Waals surface area contributed by atoms with Crippen LogP contribution in [0, 0.1) is 0 Å². The molecule has 0 bridgehead atoms. The van der Waals surface area contributed by atoms with Gasteiger partial charge in [-0.1, -0.05) is 32.9 Å². The van der Waals surface area contributed by atoms with Gasteiger partial charge >= 0.3 is 6.03 Å². The molecule has 2 aromatic heterocycles. The van der Waals surface area contributed by atoms with E-state index < -0.39 is 24.5 Å². The molecule has 4 atom stereocenters. The molecule has 1 fully saturated rings. The van der Waals surface area contributed by atoms with Crippen molar-refractivity contribution in [2.45, 2.75) is 77.0 Å². The average molecular weight is 540 g/mol. The van der Waals surface area contributed by atoms with Crippen molar-refractivity contribution in [1.82, 2.24) is 24.8 Å². The van der Waals surface area contributed by atoms with Crippen molar-refractivity contribution < 1.29 is 19.7 Å². The van der Waals surface area contributed by atoms with Gasteiger partial charge in [-0.3, -0.25) is 4.90 Å². The number of ether oxygens (including phenoxy) is 1. The largest absolute Gasteiger partial charge is 0.387 e. The van der Waals surface area contributed by atoms with Crippen LogP contribution in [0.5, 0.6) is 0 Å². The molecule has 39 heavy (non-hydrogen) atoms. The van der Waals surface area contributed by atoms with E-state index in [1.54, 1.807) is 16.8 Å². The maximum absolute atomic E-state index is 12.4. The number of nitrogen functional groups attached to an aromatic ring is 1. The molecular weight excluding hydrogens is 498 g/mol.